The summed E-state index contributed by atoms with van der Waals surface area (Å²) in [7, 11) is 1.53. The van der Waals surface area contributed by atoms with Gasteiger partial charge in [-0.15, -0.1) is 0 Å². The molecule has 1 atom stereocenters. The van der Waals surface area contributed by atoms with Gasteiger partial charge in [0.05, 0.1) is 35.1 Å². The molecule has 2 aromatic rings. The van der Waals surface area contributed by atoms with E-state index in [0.717, 1.165) is 29.5 Å². The van der Waals surface area contributed by atoms with Crippen LogP contribution in [0.5, 0.6) is 5.75 Å². The van der Waals surface area contributed by atoms with Crippen LogP contribution in [0, 0.1) is 11.3 Å². The zero-order chi connectivity index (χ0) is 23.3. The molecule has 10 heteroatoms. The van der Waals surface area contributed by atoms with Crippen molar-refractivity contribution < 1.29 is 27.5 Å². The van der Waals surface area contributed by atoms with Gasteiger partial charge in [-0.05, 0) is 35.9 Å². The number of benzene rings is 2. The van der Waals surface area contributed by atoms with Crippen molar-refractivity contribution in [2.24, 2.45) is 0 Å². The number of halogens is 3. The predicted molar refractivity (Wildman–Crippen MR) is 114 cm³/mol. The molecular weight excluding hydrogens is 443 g/mol. The van der Waals surface area contributed by atoms with Gasteiger partial charge in [0.25, 0.3) is 0 Å². The van der Waals surface area contributed by atoms with Crippen molar-refractivity contribution in [1.29, 1.82) is 5.26 Å². The van der Waals surface area contributed by atoms with Gasteiger partial charge in [-0.3, -0.25) is 9.59 Å². The number of anilines is 1. The van der Waals surface area contributed by atoms with E-state index in [-0.39, 0.29) is 28.8 Å². The number of nitriles is 1. The van der Waals surface area contributed by atoms with Crippen LogP contribution in [-0.4, -0.2) is 24.7 Å². The monoisotopic (exact) mass is 461 g/mol. The Morgan fingerprint density at radius 3 is 2.62 bits per heavy atom. The molecule has 0 aliphatic carbocycles. The number of alkyl halides is 3. The minimum Gasteiger partial charge on any atom is -0.497 e. The Bertz CT molecular complexity index is 1090. The molecule has 0 saturated carbocycles. The van der Waals surface area contributed by atoms with Crippen LogP contribution in [0.3, 0.4) is 0 Å². The zero-order valence-electron chi connectivity index (χ0n) is 16.8. The topological polar surface area (TPSA) is 91.2 Å². The van der Waals surface area contributed by atoms with Crippen LogP contribution >= 0.6 is 11.8 Å². The van der Waals surface area contributed by atoms with Crippen LogP contribution in [-0.2, 0) is 15.8 Å². The Morgan fingerprint density at radius 1 is 1.28 bits per heavy atom. The summed E-state index contributed by atoms with van der Waals surface area (Å²) in [6, 6.07) is 13.4. The maximum Gasteiger partial charge on any atom is 0.416 e. The van der Waals surface area contributed by atoms with E-state index in [1.807, 2.05) is 0 Å². The van der Waals surface area contributed by atoms with Gasteiger partial charge in [-0.1, -0.05) is 30.0 Å². The molecule has 0 spiro atoms. The highest BCUT2D eigenvalue weighted by Crippen LogP contribution is 2.36. The van der Waals surface area contributed by atoms with Gasteiger partial charge >= 0.3 is 6.18 Å². The van der Waals surface area contributed by atoms with E-state index in [2.05, 4.69) is 16.7 Å². The molecule has 0 radical (unpaired) electrons. The molecule has 0 aromatic heterocycles. The summed E-state index contributed by atoms with van der Waals surface area (Å²) < 4.78 is 43.6. The highest BCUT2D eigenvalue weighted by molar-refractivity contribution is 8.03. The van der Waals surface area contributed by atoms with Gasteiger partial charge in [0.15, 0.2) is 0 Å². The molecular formula is C22H18F3N3O3S. The van der Waals surface area contributed by atoms with Crippen molar-refractivity contribution in [3.8, 4) is 11.8 Å². The van der Waals surface area contributed by atoms with E-state index in [1.165, 1.54) is 19.2 Å². The maximum absolute atomic E-state index is 12.8. The van der Waals surface area contributed by atoms with Crippen LogP contribution in [0.2, 0.25) is 0 Å². The van der Waals surface area contributed by atoms with Crippen molar-refractivity contribution in [1.82, 2.24) is 5.32 Å². The molecule has 2 aromatic carbocycles. The normalized spacial score (nSPS) is 16.2. The van der Waals surface area contributed by atoms with Gasteiger partial charge in [0, 0.05) is 18.0 Å². The first-order valence-corrected chi connectivity index (χ1v) is 10.4. The molecule has 0 saturated heterocycles. The van der Waals surface area contributed by atoms with Crippen LogP contribution < -0.4 is 15.4 Å². The number of rotatable bonds is 6. The Hall–Kier alpha value is -3.45. The fourth-order valence-corrected chi connectivity index (χ4v) is 4.04. The SMILES string of the molecule is COc1ccc([C@@H]2CC(=O)NC(SCC(=O)Nc3cccc(C(F)(F)F)c3)=C2C#N)cc1. The third-order valence-electron chi connectivity index (χ3n) is 4.70. The summed E-state index contributed by atoms with van der Waals surface area (Å²) in [4.78, 5) is 24.5. The minimum atomic E-state index is -4.52. The number of allylic oxidation sites excluding steroid dienone is 1. The van der Waals surface area contributed by atoms with Gasteiger partial charge in [0.1, 0.15) is 5.75 Å². The van der Waals surface area contributed by atoms with Crippen molar-refractivity contribution in [2.75, 3.05) is 18.2 Å². The Labute approximate surface area is 186 Å². The number of amides is 2. The number of ether oxygens (including phenoxy) is 1. The second-order valence-electron chi connectivity index (χ2n) is 6.85. The molecule has 3 rings (SSSR count). The Kier molecular flexibility index (Phi) is 7.10. The second kappa shape index (κ2) is 9.78. The van der Waals surface area contributed by atoms with E-state index < -0.39 is 23.6 Å². The molecule has 0 fully saturated rings. The van der Waals surface area contributed by atoms with Crippen LogP contribution in [0.4, 0.5) is 18.9 Å². The fourth-order valence-electron chi connectivity index (χ4n) is 3.16. The van der Waals surface area contributed by atoms with Gasteiger partial charge in [-0.25, -0.2) is 0 Å². The number of hydrogen-bond donors (Lipinski definition) is 2. The first kappa shape index (κ1) is 23.2. The lowest BCUT2D eigenvalue weighted by atomic mass is 9.87. The smallest absolute Gasteiger partial charge is 0.416 e. The number of carbonyl (C=O) groups is 2. The Morgan fingerprint density at radius 2 is 2.00 bits per heavy atom. The molecule has 32 heavy (non-hydrogen) atoms. The zero-order valence-corrected chi connectivity index (χ0v) is 17.6. The lowest BCUT2D eigenvalue weighted by Gasteiger charge is -2.25. The number of nitrogens with one attached hydrogen (secondary N) is 2. The molecule has 0 unspecified atom stereocenters. The number of thioether (sulfide) groups is 1. The highest BCUT2D eigenvalue weighted by Gasteiger charge is 2.31. The van der Waals surface area contributed by atoms with E-state index in [4.69, 9.17) is 4.74 Å². The molecule has 6 nitrogen and oxygen atoms in total. The third-order valence-corrected chi connectivity index (χ3v) is 5.71. The third kappa shape index (κ3) is 5.62. The van der Waals surface area contributed by atoms with Crippen molar-refractivity contribution in [2.45, 2.75) is 18.5 Å². The fraction of sp³-hybridized carbons (Fsp3) is 0.227. The van der Waals surface area contributed by atoms with Crippen molar-refractivity contribution >= 4 is 29.3 Å². The predicted octanol–water partition coefficient (Wildman–Crippen LogP) is 4.42. The lowest BCUT2D eigenvalue weighted by Crippen LogP contribution is -2.31. The summed E-state index contributed by atoms with van der Waals surface area (Å²) in [6.45, 7) is 0. The first-order valence-electron chi connectivity index (χ1n) is 9.39. The first-order chi connectivity index (χ1) is 15.2. The van der Waals surface area contributed by atoms with E-state index in [9.17, 15) is 28.0 Å². The maximum atomic E-state index is 12.8. The molecule has 166 valence electrons. The second-order valence-corrected chi connectivity index (χ2v) is 7.83. The number of carbonyl (C=O) groups excluding carboxylic acids is 2. The summed E-state index contributed by atoms with van der Waals surface area (Å²) in [5.41, 5.74) is 0.193. The van der Waals surface area contributed by atoms with Crippen molar-refractivity contribution in [3.63, 3.8) is 0 Å². The number of hydrogen-bond acceptors (Lipinski definition) is 5. The van der Waals surface area contributed by atoms with Gasteiger partial charge in [-0.2, -0.15) is 18.4 Å². The molecule has 2 amide bonds. The standard InChI is InChI=1S/C22H18F3N3O3S/c1-31-16-7-5-13(6-8-16)17-10-19(29)28-21(18(17)11-26)32-12-20(30)27-15-4-2-3-14(9-15)22(23,24)25/h2-9,17H,10,12H2,1H3,(H,27,30)(H,28,29)/t17-/m0/s1. The highest BCUT2D eigenvalue weighted by atomic mass is 32.2. The van der Waals surface area contributed by atoms with Crippen LogP contribution in [0.1, 0.15) is 23.5 Å². The average Bonchev–Trinajstić information content (AvgIpc) is 2.77. The van der Waals surface area contributed by atoms with Gasteiger partial charge < -0.3 is 15.4 Å². The quantitative estimate of drug-likeness (QED) is 0.665. The lowest BCUT2D eigenvalue weighted by molar-refractivity contribution is -0.137. The molecule has 1 aliphatic rings. The van der Waals surface area contributed by atoms with Gasteiger partial charge in [0.2, 0.25) is 11.8 Å². The van der Waals surface area contributed by atoms with E-state index >= 15 is 0 Å². The largest absolute Gasteiger partial charge is 0.497 e. The van der Waals surface area contributed by atoms with Crippen molar-refractivity contribution in [3.05, 3.63) is 70.3 Å². The Balaban J connectivity index is 1.73. The number of methoxy groups -OCH3 is 1. The summed E-state index contributed by atoms with van der Waals surface area (Å²) in [6.07, 6.45) is -4.44. The molecule has 2 N–H and O–H groups in total. The molecule has 1 aliphatic heterocycles. The number of nitrogens with zero attached hydrogens (tertiary/aromatic N) is 1. The summed E-state index contributed by atoms with van der Waals surface area (Å²) in [5.74, 6) is -0.914. The van der Waals surface area contributed by atoms with E-state index in [1.54, 1.807) is 24.3 Å². The molecule has 1 heterocycles. The minimum absolute atomic E-state index is 0.00343. The average molecular weight is 461 g/mol. The van der Waals surface area contributed by atoms with Crippen LogP contribution in [0.25, 0.3) is 0 Å². The molecule has 0 bridgehead atoms. The summed E-state index contributed by atoms with van der Waals surface area (Å²) in [5, 5.41) is 15.0. The summed E-state index contributed by atoms with van der Waals surface area (Å²) >= 11 is 0.943. The van der Waals surface area contributed by atoms with Crippen LogP contribution in [0.15, 0.2) is 59.1 Å². The van der Waals surface area contributed by atoms with E-state index in [0.29, 0.717) is 11.3 Å².